The summed E-state index contributed by atoms with van der Waals surface area (Å²) >= 11 is 1.59. The number of carbonyl (C=O) groups is 1. The molecule has 1 aliphatic heterocycles. The zero-order valence-electron chi connectivity index (χ0n) is 10.9. The second-order valence-corrected chi connectivity index (χ2v) is 5.93. The Balaban J connectivity index is 1.97. The third-order valence-corrected chi connectivity index (χ3v) is 4.20. The molecule has 0 spiro atoms. The van der Waals surface area contributed by atoms with Gasteiger partial charge in [0.1, 0.15) is 0 Å². The normalized spacial score (nSPS) is 17.5. The van der Waals surface area contributed by atoms with Crippen LogP contribution in [-0.4, -0.2) is 48.4 Å². The maximum Gasteiger partial charge on any atom is 0.263 e. The molecule has 4 heteroatoms. The van der Waals surface area contributed by atoms with Crippen molar-refractivity contribution in [2.24, 2.45) is 0 Å². The third kappa shape index (κ3) is 3.21. The van der Waals surface area contributed by atoms with Crippen molar-refractivity contribution in [2.75, 3.05) is 32.7 Å². The minimum Gasteiger partial charge on any atom is -0.337 e. The fourth-order valence-corrected chi connectivity index (χ4v) is 3.08. The lowest BCUT2D eigenvalue weighted by atomic mass is 10.3. The van der Waals surface area contributed by atoms with Gasteiger partial charge in [-0.15, -0.1) is 17.9 Å². The summed E-state index contributed by atoms with van der Waals surface area (Å²) in [5, 5.41) is 0. The minimum atomic E-state index is 0.188. The van der Waals surface area contributed by atoms with E-state index in [2.05, 4.69) is 11.5 Å². The quantitative estimate of drug-likeness (QED) is 0.783. The average Bonchev–Trinajstić information content (AvgIpc) is 2.65. The molecule has 0 aliphatic carbocycles. The highest BCUT2D eigenvalue weighted by Gasteiger charge is 2.20. The minimum absolute atomic E-state index is 0.188. The first-order valence-corrected chi connectivity index (χ1v) is 7.21. The van der Waals surface area contributed by atoms with Gasteiger partial charge in [0.05, 0.1) is 4.88 Å². The number of carbonyl (C=O) groups excluding carboxylic acids is 1. The number of hydrogen-bond donors (Lipinski definition) is 0. The fourth-order valence-electron chi connectivity index (χ4n) is 2.24. The van der Waals surface area contributed by atoms with E-state index in [9.17, 15) is 4.79 Å². The van der Waals surface area contributed by atoms with Crippen molar-refractivity contribution in [1.82, 2.24) is 9.80 Å². The van der Waals surface area contributed by atoms with Crippen LogP contribution in [0.4, 0.5) is 0 Å². The number of thiophene rings is 1. The molecular formula is C14H20N2OS. The first-order chi connectivity index (χ1) is 8.70. The Bertz CT molecular complexity index is 427. The summed E-state index contributed by atoms with van der Waals surface area (Å²) in [6.07, 6.45) is 2.98. The molecule has 0 unspecified atom stereocenters. The van der Waals surface area contributed by atoms with Crippen LogP contribution in [0.1, 0.15) is 21.0 Å². The summed E-state index contributed by atoms with van der Waals surface area (Å²) in [4.78, 5) is 18.7. The maximum atomic E-state index is 12.3. The van der Waals surface area contributed by atoms with E-state index in [4.69, 9.17) is 0 Å². The first kappa shape index (κ1) is 13.3. The second-order valence-electron chi connectivity index (χ2n) is 4.65. The molecule has 18 heavy (non-hydrogen) atoms. The summed E-state index contributed by atoms with van der Waals surface area (Å²) in [5.41, 5.74) is 0. The lowest BCUT2D eigenvalue weighted by molar-refractivity contribution is 0.0767. The molecule has 1 amide bonds. The van der Waals surface area contributed by atoms with Crippen molar-refractivity contribution >= 4 is 17.2 Å². The van der Waals surface area contributed by atoms with Crippen LogP contribution in [0.5, 0.6) is 0 Å². The van der Waals surface area contributed by atoms with Crippen molar-refractivity contribution in [1.29, 1.82) is 0 Å². The van der Waals surface area contributed by atoms with E-state index in [0.29, 0.717) is 0 Å². The van der Waals surface area contributed by atoms with Crippen LogP contribution in [0, 0.1) is 6.92 Å². The summed E-state index contributed by atoms with van der Waals surface area (Å²) in [5.74, 6) is 0.188. The smallest absolute Gasteiger partial charge is 0.263 e. The molecule has 1 aromatic rings. The van der Waals surface area contributed by atoms with Crippen LogP contribution >= 0.6 is 11.3 Å². The van der Waals surface area contributed by atoms with Crippen LogP contribution < -0.4 is 0 Å². The van der Waals surface area contributed by atoms with Gasteiger partial charge in [-0.2, -0.15) is 0 Å². The number of aryl methyl sites for hydroxylation is 1. The molecule has 2 rings (SSSR count). The van der Waals surface area contributed by atoms with Gasteiger partial charge in [-0.3, -0.25) is 9.69 Å². The molecule has 1 saturated heterocycles. The van der Waals surface area contributed by atoms with Gasteiger partial charge < -0.3 is 4.90 Å². The Labute approximate surface area is 113 Å². The summed E-state index contributed by atoms with van der Waals surface area (Å²) in [7, 11) is 0. The van der Waals surface area contributed by atoms with Gasteiger partial charge in [0.2, 0.25) is 0 Å². The Morgan fingerprint density at radius 2 is 2.22 bits per heavy atom. The number of hydrogen-bond acceptors (Lipinski definition) is 3. The molecule has 0 bridgehead atoms. The zero-order valence-corrected chi connectivity index (χ0v) is 11.7. The SMILES string of the molecule is C=CCN1CCCN(C(=O)c2ccc(C)s2)CC1. The van der Waals surface area contributed by atoms with E-state index in [0.717, 1.165) is 44.0 Å². The van der Waals surface area contributed by atoms with Gasteiger partial charge in [-0.05, 0) is 25.5 Å². The number of nitrogens with zero attached hydrogens (tertiary/aromatic N) is 2. The highest BCUT2D eigenvalue weighted by Crippen LogP contribution is 2.18. The van der Waals surface area contributed by atoms with Gasteiger partial charge in [0, 0.05) is 37.6 Å². The van der Waals surface area contributed by atoms with E-state index in [1.807, 2.05) is 30.0 Å². The van der Waals surface area contributed by atoms with Crippen LogP contribution in [0.25, 0.3) is 0 Å². The van der Waals surface area contributed by atoms with E-state index in [1.165, 1.54) is 4.88 Å². The molecule has 0 saturated carbocycles. The molecule has 0 N–H and O–H groups in total. The number of rotatable bonds is 3. The number of amides is 1. The molecule has 1 fully saturated rings. The van der Waals surface area contributed by atoms with Gasteiger partial charge in [0.25, 0.3) is 5.91 Å². The molecule has 2 heterocycles. The van der Waals surface area contributed by atoms with Crippen LogP contribution in [0.3, 0.4) is 0 Å². The summed E-state index contributed by atoms with van der Waals surface area (Å²) < 4.78 is 0. The Morgan fingerprint density at radius 1 is 1.39 bits per heavy atom. The van der Waals surface area contributed by atoms with Crippen molar-refractivity contribution < 1.29 is 4.79 Å². The van der Waals surface area contributed by atoms with Crippen molar-refractivity contribution in [3.63, 3.8) is 0 Å². The summed E-state index contributed by atoms with van der Waals surface area (Å²) in [6, 6.07) is 3.95. The molecular weight excluding hydrogens is 244 g/mol. The van der Waals surface area contributed by atoms with E-state index < -0.39 is 0 Å². The predicted octanol–water partition coefficient (Wildman–Crippen LogP) is 2.39. The summed E-state index contributed by atoms with van der Waals surface area (Å²) in [6.45, 7) is 10.4. The highest BCUT2D eigenvalue weighted by molar-refractivity contribution is 7.13. The van der Waals surface area contributed by atoms with Crippen LogP contribution in [0.2, 0.25) is 0 Å². The second kappa shape index (κ2) is 6.16. The van der Waals surface area contributed by atoms with Gasteiger partial charge >= 0.3 is 0 Å². The van der Waals surface area contributed by atoms with E-state index >= 15 is 0 Å². The third-order valence-electron chi connectivity index (χ3n) is 3.21. The van der Waals surface area contributed by atoms with Gasteiger partial charge in [-0.1, -0.05) is 6.08 Å². The Hall–Kier alpha value is -1.13. The molecule has 0 radical (unpaired) electrons. The van der Waals surface area contributed by atoms with E-state index in [-0.39, 0.29) is 5.91 Å². The van der Waals surface area contributed by atoms with Crippen molar-refractivity contribution in [2.45, 2.75) is 13.3 Å². The lowest BCUT2D eigenvalue weighted by Gasteiger charge is -2.20. The monoisotopic (exact) mass is 264 g/mol. The predicted molar refractivity (Wildman–Crippen MR) is 76.2 cm³/mol. The lowest BCUT2D eigenvalue weighted by Crippen LogP contribution is -2.34. The zero-order chi connectivity index (χ0) is 13.0. The first-order valence-electron chi connectivity index (χ1n) is 6.39. The Morgan fingerprint density at radius 3 is 2.89 bits per heavy atom. The largest absolute Gasteiger partial charge is 0.337 e. The average molecular weight is 264 g/mol. The molecule has 0 atom stereocenters. The Kier molecular flexibility index (Phi) is 4.55. The molecule has 98 valence electrons. The highest BCUT2D eigenvalue weighted by atomic mass is 32.1. The molecule has 0 aromatic carbocycles. The van der Waals surface area contributed by atoms with Crippen molar-refractivity contribution in [3.8, 4) is 0 Å². The fraction of sp³-hybridized carbons (Fsp3) is 0.500. The molecule has 3 nitrogen and oxygen atoms in total. The topological polar surface area (TPSA) is 23.6 Å². The van der Waals surface area contributed by atoms with E-state index in [1.54, 1.807) is 11.3 Å². The maximum absolute atomic E-state index is 12.3. The van der Waals surface area contributed by atoms with Crippen molar-refractivity contribution in [3.05, 3.63) is 34.5 Å². The molecule has 1 aromatic heterocycles. The van der Waals surface area contributed by atoms with Gasteiger partial charge in [0.15, 0.2) is 0 Å². The van der Waals surface area contributed by atoms with Crippen LogP contribution in [0.15, 0.2) is 24.8 Å². The van der Waals surface area contributed by atoms with Crippen LogP contribution in [-0.2, 0) is 0 Å². The van der Waals surface area contributed by atoms with Gasteiger partial charge in [-0.25, -0.2) is 0 Å². The standard InChI is InChI=1S/C14H20N2OS/c1-3-7-15-8-4-9-16(11-10-15)14(17)13-6-5-12(2)18-13/h3,5-6H,1,4,7-11H2,2H3. The molecule has 1 aliphatic rings.